The summed E-state index contributed by atoms with van der Waals surface area (Å²) in [7, 11) is 0. The molecule has 0 aliphatic heterocycles. The number of halogens is 1. The normalized spacial score (nSPS) is 13.5. The molecule has 0 bridgehead atoms. The Morgan fingerprint density at radius 3 is 2.39 bits per heavy atom. The lowest BCUT2D eigenvalue weighted by Crippen LogP contribution is -2.36. The molecule has 0 aromatic carbocycles. The third-order valence-corrected chi connectivity index (χ3v) is 5.43. The van der Waals surface area contributed by atoms with Crippen LogP contribution in [-0.4, -0.2) is 24.5 Å². The lowest BCUT2D eigenvalue weighted by molar-refractivity contribution is 0.176. The molecule has 0 aliphatic carbocycles. The fourth-order valence-corrected chi connectivity index (χ4v) is 3.90. The highest BCUT2D eigenvalue weighted by molar-refractivity contribution is 9.10. The Morgan fingerprint density at radius 2 is 2.00 bits per heavy atom. The summed E-state index contributed by atoms with van der Waals surface area (Å²) < 4.78 is 1.17. The van der Waals surface area contributed by atoms with Crippen molar-refractivity contribution in [1.82, 2.24) is 4.90 Å². The number of thiophene rings is 1. The molecule has 0 saturated carbocycles. The van der Waals surface area contributed by atoms with Gasteiger partial charge in [-0.15, -0.1) is 11.3 Å². The van der Waals surface area contributed by atoms with Crippen LogP contribution in [0.5, 0.6) is 0 Å². The Morgan fingerprint density at radius 1 is 1.33 bits per heavy atom. The van der Waals surface area contributed by atoms with E-state index in [1.54, 1.807) is 11.3 Å². The van der Waals surface area contributed by atoms with Crippen molar-refractivity contribution in [3.63, 3.8) is 0 Å². The van der Waals surface area contributed by atoms with Crippen LogP contribution in [0.25, 0.3) is 0 Å². The molecule has 0 spiro atoms. The highest BCUT2D eigenvalue weighted by Gasteiger charge is 2.21. The second-order valence-electron chi connectivity index (χ2n) is 4.69. The van der Waals surface area contributed by atoms with Crippen LogP contribution in [0.15, 0.2) is 15.9 Å². The monoisotopic (exact) mass is 332 g/mol. The van der Waals surface area contributed by atoms with Crippen molar-refractivity contribution in [2.75, 3.05) is 19.6 Å². The molecule has 0 radical (unpaired) electrons. The molecule has 104 valence electrons. The molecular weight excluding hydrogens is 308 g/mol. The number of nitrogens with zero attached hydrogens (tertiary/aromatic N) is 1. The Kier molecular flexibility index (Phi) is 7.46. The summed E-state index contributed by atoms with van der Waals surface area (Å²) in [6, 6.07) is 2.57. The SMILES string of the molecule is CCC(CC)CN(CC)C(CN)c1cc(Br)cs1. The third kappa shape index (κ3) is 4.34. The lowest BCUT2D eigenvalue weighted by Gasteiger charge is -2.32. The third-order valence-electron chi connectivity index (χ3n) is 3.63. The van der Waals surface area contributed by atoms with Gasteiger partial charge in [0.05, 0.1) is 6.04 Å². The molecule has 1 heterocycles. The molecule has 1 atom stereocenters. The van der Waals surface area contributed by atoms with Crippen LogP contribution >= 0.6 is 27.3 Å². The fraction of sp³-hybridized carbons (Fsp3) is 0.714. The molecule has 0 fully saturated rings. The molecule has 2 N–H and O–H groups in total. The van der Waals surface area contributed by atoms with Crippen LogP contribution in [-0.2, 0) is 0 Å². The zero-order valence-corrected chi connectivity index (χ0v) is 14.1. The van der Waals surface area contributed by atoms with E-state index in [1.807, 2.05) is 0 Å². The Balaban J connectivity index is 2.77. The van der Waals surface area contributed by atoms with Crippen LogP contribution in [0.1, 0.15) is 44.5 Å². The van der Waals surface area contributed by atoms with Crippen LogP contribution in [0, 0.1) is 5.92 Å². The minimum absolute atomic E-state index is 0.367. The maximum absolute atomic E-state index is 6.00. The van der Waals surface area contributed by atoms with Crippen molar-refractivity contribution in [2.45, 2.75) is 39.7 Å². The second kappa shape index (κ2) is 8.31. The zero-order chi connectivity index (χ0) is 13.5. The first-order valence-corrected chi connectivity index (χ1v) is 8.51. The number of rotatable bonds is 8. The van der Waals surface area contributed by atoms with E-state index in [4.69, 9.17) is 5.73 Å². The van der Waals surface area contributed by atoms with Crippen molar-refractivity contribution < 1.29 is 0 Å². The second-order valence-corrected chi connectivity index (χ2v) is 6.55. The van der Waals surface area contributed by atoms with Gasteiger partial charge in [-0.3, -0.25) is 4.90 Å². The average Bonchev–Trinajstić information content (AvgIpc) is 2.81. The quantitative estimate of drug-likeness (QED) is 0.770. The van der Waals surface area contributed by atoms with Gasteiger partial charge in [0.2, 0.25) is 0 Å². The summed E-state index contributed by atoms with van der Waals surface area (Å²) >= 11 is 5.33. The van der Waals surface area contributed by atoms with E-state index in [2.05, 4.69) is 53.0 Å². The molecule has 1 aromatic rings. The van der Waals surface area contributed by atoms with E-state index in [-0.39, 0.29) is 0 Å². The number of nitrogens with two attached hydrogens (primary N) is 1. The molecule has 0 saturated heterocycles. The highest BCUT2D eigenvalue weighted by Crippen LogP contribution is 2.29. The summed E-state index contributed by atoms with van der Waals surface area (Å²) in [5, 5.41) is 2.14. The van der Waals surface area contributed by atoms with Gasteiger partial charge >= 0.3 is 0 Å². The molecule has 0 amide bonds. The molecule has 1 rings (SSSR count). The maximum atomic E-state index is 6.00. The first-order chi connectivity index (χ1) is 8.65. The first kappa shape index (κ1) is 16.2. The van der Waals surface area contributed by atoms with Gasteiger partial charge in [-0.25, -0.2) is 0 Å². The summed E-state index contributed by atoms with van der Waals surface area (Å²) in [4.78, 5) is 3.90. The van der Waals surface area contributed by atoms with Gasteiger partial charge in [0.1, 0.15) is 0 Å². The van der Waals surface area contributed by atoms with E-state index < -0.39 is 0 Å². The first-order valence-electron chi connectivity index (χ1n) is 6.84. The van der Waals surface area contributed by atoms with Gasteiger partial charge in [-0.2, -0.15) is 0 Å². The Bertz CT molecular complexity index is 336. The molecule has 1 aromatic heterocycles. The van der Waals surface area contributed by atoms with Crippen molar-refractivity contribution in [3.8, 4) is 0 Å². The summed E-state index contributed by atoms with van der Waals surface area (Å²) in [6.45, 7) is 9.70. The molecule has 2 nitrogen and oxygen atoms in total. The van der Waals surface area contributed by atoms with Crippen LogP contribution in [0.3, 0.4) is 0 Å². The average molecular weight is 333 g/mol. The predicted molar refractivity (Wildman–Crippen MR) is 85.1 cm³/mol. The van der Waals surface area contributed by atoms with E-state index in [1.165, 1.54) is 22.2 Å². The van der Waals surface area contributed by atoms with Gasteiger partial charge in [0.15, 0.2) is 0 Å². The van der Waals surface area contributed by atoms with Crippen LogP contribution in [0.2, 0.25) is 0 Å². The topological polar surface area (TPSA) is 29.3 Å². The Labute approximate surface area is 124 Å². The van der Waals surface area contributed by atoms with Crippen molar-refractivity contribution in [2.24, 2.45) is 11.7 Å². The van der Waals surface area contributed by atoms with Gasteiger partial charge in [0.25, 0.3) is 0 Å². The molecule has 18 heavy (non-hydrogen) atoms. The van der Waals surface area contributed by atoms with Crippen LogP contribution in [0.4, 0.5) is 0 Å². The highest BCUT2D eigenvalue weighted by atomic mass is 79.9. The maximum Gasteiger partial charge on any atom is 0.0564 e. The number of likely N-dealkylation sites (N-methyl/N-ethyl adjacent to an activating group) is 1. The molecule has 4 heteroatoms. The van der Waals surface area contributed by atoms with Gasteiger partial charge < -0.3 is 5.73 Å². The van der Waals surface area contributed by atoms with Gasteiger partial charge in [-0.1, -0.05) is 33.6 Å². The lowest BCUT2D eigenvalue weighted by atomic mass is 10.0. The number of hydrogen-bond donors (Lipinski definition) is 1. The van der Waals surface area contributed by atoms with Crippen molar-refractivity contribution in [1.29, 1.82) is 0 Å². The van der Waals surface area contributed by atoms with E-state index >= 15 is 0 Å². The van der Waals surface area contributed by atoms with Crippen LogP contribution < -0.4 is 5.73 Å². The summed E-state index contributed by atoms with van der Waals surface area (Å²) in [6.07, 6.45) is 2.50. The van der Waals surface area contributed by atoms with E-state index in [9.17, 15) is 0 Å². The van der Waals surface area contributed by atoms with Gasteiger partial charge in [0, 0.05) is 27.8 Å². The predicted octanol–water partition coefficient (Wildman–Crippen LogP) is 4.27. The zero-order valence-electron chi connectivity index (χ0n) is 11.7. The van der Waals surface area contributed by atoms with Crippen molar-refractivity contribution >= 4 is 27.3 Å². The molecule has 1 unspecified atom stereocenters. The molecule has 0 aliphatic rings. The summed E-state index contributed by atoms with van der Waals surface area (Å²) in [5.41, 5.74) is 6.00. The standard InChI is InChI=1S/C14H25BrN2S/c1-4-11(5-2)9-17(6-3)13(8-16)14-7-12(15)10-18-14/h7,10-11,13H,4-6,8-9,16H2,1-3H3. The van der Waals surface area contributed by atoms with E-state index in [0.29, 0.717) is 12.6 Å². The van der Waals surface area contributed by atoms with Crippen molar-refractivity contribution in [3.05, 3.63) is 20.8 Å². The van der Waals surface area contributed by atoms with Gasteiger partial charge in [-0.05, 0) is 34.5 Å². The summed E-state index contributed by atoms with van der Waals surface area (Å²) in [5.74, 6) is 0.780. The molecular formula is C14H25BrN2S. The fourth-order valence-electron chi connectivity index (χ4n) is 2.30. The Hall–Kier alpha value is 0.1000. The minimum atomic E-state index is 0.367. The smallest absolute Gasteiger partial charge is 0.0564 e. The van der Waals surface area contributed by atoms with E-state index in [0.717, 1.165) is 19.0 Å². The number of hydrogen-bond acceptors (Lipinski definition) is 3. The largest absolute Gasteiger partial charge is 0.329 e. The minimum Gasteiger partial charge on any atom is -0.329 e.